The topological polar surface area (TPSA) is 123 Å². The van der Waals surface area contributed by atoms with Gasteiger partial charge in [0.15, 0.2) is 11.6 Å². The number of benzene rings is 1. The first-order valence-electron chi connectivity index (χ1n) is 9.65. The van der Waals surface area contributed by atoms with Gasteiger partial charge in [-0.05, 0) is 50.6 Å². The Morgan fingerprint density at radius 1 is 1.22 bits per heavy atom. The Kier molecular flexibility index (Phi) is 7.65. The number of aromatic nitrogens is 3. The second kappa shape index (κ2) is 10.4. The summed E-state index contributed by atoms with van der Waals surface area (Å²) < 4.78 is 10.2. The second-order valence-corrected chi connectivity index (χ2v) is 8.53. The number of esters is 1. The number of methoxy groups -OCH3 is 1. The number of carbonyl (C=O) groups excluding carboxylic acids is 3. The van der Waals surface area contributed by atoms with E-state index in [9.17, 15) is 14.4 Å². The Bertz CT molecular complexity index is 1140. The van der Waals surface area contributed by atoms with Gasteiger partial charge in [0.1, 0.15) is 10.8 Å². The van der Waals surface area contributed by atoms with Gasteiger partial charge < -0.3 is 14.8 Å². The van der Waals surface area contributed by atoms with Crippen LogP contribution in [0, 0.1) is 6.92 Å². The van der Waals surface area contributed by atoms with E-state index in [2.05, 4.69) is 20.5 Å². The van der Waals surface area contributed by atoms with Crippen LogP contribution in [0.4, 0.5) is 5.00 Å². The molecule has 0 unspecified atom stereocenters. The van der Waals surface area contributed by atoms with Gasteiger partial charge in [-0.25, -0.2) is 9.78 Å². The van der Waals surface area contributed by atoms with Gasteiger partial charge in [0, 0.05) is 5.56 Å². The van der Waals surface area contributed by atoms with Gasteiger partial charge in [0.2, 0.25) is 11.1 Å². The maximum atomic E-state index is 12.5. The number of carbonyl (C=O) groups is 3. The third-order valence-electron chi connectivity index (χ3n) is 4.36. The minimum absolute atomic E-state index is 0.0223. The van der Waals surface area contributed by atoms with Crippen LogP contribution in [0.5, 0.6) is 5.75 Å². The van der Waals surface area contributed by atoms with E-state index in [-0.39, 0.29) is 29.6 Å². The predicted molar refractivity (Wildman–Crippen MR) is 123 cm³/mol. The van der Waals surface area contributed by atoms with Crippen LogP contribution in [-0.2, 0) is 9.53 Å². The van der Waals surface area contributed by atoms with Gasteiger partial charge >= 0.3 is 5.97 Å². The number of H-pyrrole nitrogens is 1. The van der Waals surface area contributed by atoms with Gasteiger partial charge in [-0.15, -0.1) is 16.4 Å². The molecule has 2 heterocycles. The molecule has 32 heavy (non-hydrogen) atoms. The Labute approximate surface area is 192 Å². The van der Waals surface area contributed by atoms with E-state index < -0.39 is 5.97 Å². The molecule has 0 saturated carbocycles. The van der Waals surface area contributed by atoms with E-state index in [4.69, 9.17) is 9.47 Å². The van der Waals surface area contributed by atoms with Crippen molar-refractivity contribution < 1.29 is 23.9 Å². The van der Waals surface area contributed by atoms with Crippen molar-refractivity contribution in [3.05, 3.63) is 40.3 Å². The molecule has 11 heteroatoms. The van der Waals surface area contributed by atoms with Crippen LogP contribution in [-0.4, -0.2) is 52.3 Å². The summed E-state index contributed by atoms with van der Waals surface area (Å²) in [7, 11) is 1.59. The zero-order valence-electron chi connectivity index (χ0n) is 18.0. The average Bonchev–Trinajstić information content (AvgIpc) is 3.37. The molecule has 3 aromatic rings. The molecule has 0 bridgehead atoms. The minimum Gasteiger partial charge on any atom is -0.497 e. The van der Waals surface area contributed by atoms with Crippen molar-refractivity contribution in [2.45, 2.75) is 25.9 Å². The largest absolute Gasteiger partial charge is 0.497 e. The van der Waals surface area contributed by atoms with Crippen LogP contribution in [0.25, 0.3) is 11.4 Å². The molecule has 0 saturated heterocycles. The van der Waals surface area contributed by atoms with Crippen molar-refractivity contribution in [3.63, 3.8) is 0 Å². The number of Topliss-reactive ketones (excluding diaryl/α,β-unsaturated/α-hetero) is 1. The summed E-state index contributed by atoms with van der Waals surface area (Å²) in [5.74, 6) is 0.218. The first-order chi connectivity index (χ1) is 15.3. The first kappa shape index (κ1) is 23.5. The smallest absolute Gasteiger partial charge is 0.341 e. The number of thioether (sulfide) groups is 1. The highest BCUT2D eigenvalue weighted by molar-refractivity contribution is 7.99. The molecule has 0 spiro atoms. The lowest BCUT2D eigenvalue weighted by atomic mass is 10.1. The monoisotopic (exact) mass is 474 g/mol. The van der Waals surface area contributed by atoms with E-state index in [1.807, 2.05) is 24.3 Å². The molecule has 2 N–H and O–H groups in total. The normalized spacial score (nSPS) is 10.6. The number of nitrogens with zero attached hydrogens (tertiary/aromatic N) is 2. The lowest BCUT2D eigenvalue weighted by Crippen LogP contribution is -2.16. The van der Waals surface area contributed by atoms with Crippen LogP contribution in [0.15, 0.2) is 29.4 Å². The molecule has 0 fully saturated rings. The number of rotatable bonds is 9. The molecule has 0 aliphatic heterocycles. The van der Waals surface area contributed by atoms with Gasteiger partial charge in [-0.1, -0.05) is 11.8 Å². The van der Waals surface area contributed by atoms with Crippen LogP contribution >= 0.6 is 23.1 Å². The molecule has 0 atom stereocenters. The molecule has 168 valence electrons. The van der Waals surface area contributed by atoms with Crippen LogP contribution in [0.1, 0.15) is 39.4 Å². The van der Waals surface area contributed by atoms with Crippen molar-refractivity contribution >= 4 is 45.8 Å². The first-order valence-corrected chi connectivity index (χ1v) is 11.4. The summed E-state index contributed by atoms with van der Waals surface area (Å²) in [5, 5.41) is 10.4. The number of nitrogens with one attached hydrogen (secondary N) is 2. The van der Waals surface area contributed by atoms with Gasteiger partial charge in [-0.2, -0.15) is 0 Å². The number of hydrogen-bond donors (Lipinski definition) is 2. The molecule has 2 aromatic heterocycles. The summed E-state index contributed by atoms with van der Waals surface area (Å²) in [6.45, 7) is 4.96. The maximum Gasteiger partial charge on any atom is 0.341 e. The third-order valence-corrected chi connectivity index (χ3v) is 6.52. The van der Waals surface area contributed by atoms with Crippen LogP contribution in [0.3, 0.4) is 0 Å². The summed E-state index contributed by atoms with van der Waals surface area (Å²) in [6.07, 6.45) is 0. The van der Waals surface area contributed by atoms with Crippen molar-refractivity contribution in [2.75, 3.05) is 24.8 Å². The highest BCUT2D eigenvalue weighted by Gasteiger charge is 2.25. The second-order valence-electron chi connectivity index (χ2n) is 6.57. The number of hydrogen-bond acceptors (Lipinski definition) is 9. The quantitative estimate of drug-likeness (QED) is 0.271. The lowest BCUT2D eigenvalue weighted by Gasteiger charge is -2.06. The SMILES string of the molecule is CCOC(=O)c1c(NC(=O)CSc2n[nH]c(-c3ccc(OC)cc3)n2)sc(C(C)=O)c1C. The molecule has 0 aliphatic rings. The van der Waals surface area contributed by atoms with E-state index >= 15 is 0 Å². The Balaban J connectivity index is 1.67. The summed E-state index contributed by atoms with van der Waals surface area (Å²) in [6, 6.07) is 7.33. The van der Waals surface area contributed by atoms with Gasteiger partial charge in [0.05, 0.1) is 29.9 Å². The van der Waals surface area contributed by atoms with E-state index in [0.717, 1.165) is 34.4 Å². The highest BCUT2D eigenvalue weighted by Crippen LogP contribution is 2.34. The fourth-order valence-electron chi connectivity index (χ4n) is 2.87. The molecular formula is C21H22N4O5S2. The van der Waals surface area contributed by atoms with Crippen LogP contribution in [0.2, 0.25) is 0 Å². The Morgan fingerprint density at radius 2 is 1.94 bits per heavy atom. The summed E-state index contributed by atoms with van der Waals surface area (Å²) in [4.78, 5) is 41.5. The molecule has 9 nitrogen and oxygen atoms in total. The van der Waals surface area contributed by atoms with E-state index in [1.54, 1.807) is 21.0 Å². The Morgan fingerprint density at radius 3 is 2.56 bits per heavy atom. The highest BCUT2D eigenvalue weighted by atomic mass is 32.2. The number of anilines is 1. The zero-order valence-corrected chi connectivity index (χ0v) is 19.6. The van der Waals surface area contributed by atoms with Crippen molar-refractivity contribution in [2.24, 2.45) is 0 Å². The van der Waals surface area contributed by atoms with Crippen molar-refractivity contribution in [1.82, 2.24) is 15.2 Å². The molecule has 1 aromatic carbocycles. The molecular weight excluding hydrogens is 452 g/mol. The fourth-order valence-corrected chi connectivity index (χ4v) is 4.57. The number of thiophene rings is 1. The van der Waals surface area contributed by atoms with E-state index in [1.165, 1.54) is 6.92 Å². The lowest BCUT2D eigenvalue weighted by molar-refractivity contribution is -0.113. The molecule has 1 amide bonds. The maximum absolute atomic E-state index is 12.5. The third kappa shape index (κ3) is 5.35. The van der Waals surface area contributed by atoms with Crippen molar-refractivity contribution in [1.29, 1.82) is 0 Å². The zero-order chi connectivity index (χ0) is 23.3. The summed E-state index contributed by atoms with van der Waals surface area (Å²) in [5.41, 5.74) is 1.54. The molecule has 0 radical (unpaired) electrons. The number of aromatic amines is 1. The Hall–Kier alpha value is -3.18. The molecule has 0 aliphatic carbocycles. The van der Waals surface area contributed by atoms with Crippen LogP contribution < -0.4 is 10.1 Å². The predicted octanol–water partition coefficient (Wildman–Crippen LogP) is 3.96. The number of ether oxygens (including phenoxy) is 2. The standard InChI is InChI=1S/C21H22N4O5S2/c1-5-30-20(28)16-11(2)17(12(3)26)32-19(16)22-15(27)10-31-21-23-18(24-25-21)13-6-8-14(29-4)9-7-13/h6-9H,5,10H2,1-4H3,(H,22,27)(H,23,24,25). The molecule has 3 rings (SSSR count). The minimum atomic E-state index is -0.574. The average molecular weight is 475 g/mol. The fraction of sp³-hybridized carbons (Fsp3) is 0.286. The van der Waals surface area contributed by atoms with E-state index in [0.29, 0.717) is 26.4 Å². The van der Waals surface area contributed by atoms with Gasteiger partial charge in [0.25, 0.3) is 0 Å². The summed E-state index contributed by atoms with van der Waals surface area (Å²) >= 11 is 2.21. The van der Waals surface area contributed by atoms with Crippen molar-refractivity contribution in [3.8, 4) is 17.1 Å². The van der Waals surface area contributed by atoms with Gasteiger partial charge in [-0.3, -0.25) is 14.7 Å². The number of amides is 1. The number of ketones is 1.